The van der Waals surface area contributed by atoms with Gasteiger partial charge in [0, 0.05) is 22.4 Å². The lowest BCUT2D eigenvalue weighted by atomic mass is 10.2. The van der Waals surface area contributed by atoms with Crippen LogP contribution in [0.4, 0.5) is 5.69 Å². The third-order valence-electron chi connectivity index (χ3n) is 2.96. The van der Waals surface area contributed by atoms with Crippen molar-refractivity contribution in [3.8, 4) is 0 Å². The molecule has 4 heteroatoms. The molecule has 18 heavy (non-hydrogen) atoms. The second-order valence-corrected chi connectivity index (χ2v) is 5.61. The van der Waals surface area contributed by atoms with Crippen LogP contribution in [0.2, 0.25) is 0 Å². The van der Waals surface area contributed by atoms with Crippen LogP contribution >= 0.6 is 15.9 Å². The Labute approximate surface area is 116 Å². The van der Waals surface area contributed by atoms with E-state index >= 15 is 0 Å². The minimum Gasteiger partial charge on any atom is -0.379 e. The Bertz CT molecular complexity index is 532. The number of anilines is 1. The van der Waals surface area contributed by atoms with Crippen LogP contribution in [-0.4, -0.2) is 9.55 Å². The van der Waals surface area contributed by atoms with E-state index in [2.05, 4.69) is 69.8 Å². The monoisotopic (exact) mass is 307 g/mol. The summed E-state index contributed by atoms with van der Waals surface area (Å²) in [6.45, 7) is 7.22. The quantitative estimate of drug-likeness (QED) is 0.919. The molecular weight excluding hydrogens is 290 g/mol. The maximum atomic E-state index is 4.21. The molecule has 0 bridgehead atoms. The average molecular weight is 308 g/mol. The van der Waals surface area contributed by atoms with Crippen molar-refractivity contribution in [1.82, 2.24) is 9.55 Å². The van der Waals surface area contributed by atoms with E-state index < -0.39 is 0 Å². The summed E-state index contributed by atoms with van der Waals surface area (Å²) in [5.41, 5.74) is 3.60. The van der Waals surface area contributed by atoms with Crippen molar-refractivity contribution >= 4 is 21.6 Å². The fraction of sp³-hybridized carbons (Fsp3) is 0.357. The van der Waals surface area contributed by atoms with E-state index in [0.717, 1.165) is 16.7 Å². The largest absolute Gasteiger partial charge is 0.379 e. The molecular formula is C14H18BrN3. The predicted octanol–water partition coefficient (Wildman–Crippen LogP) is 4.15. The molecule has 0 spiro atoms. The molecule has 0 fully saturated rings. The van der Waals surface area contributed by atoms with Gasteiger partial charge < -0.3 is 9.88 Å². The molecule has 2 aromatic rings. The van der Waals surface area contributed by atoms with Crippen LogP contribution in [0.25, 0.3) is 0 Å². The van der Waals surface area contributed by atoms with Gasteiger partial charge in [-0.05, 0) is 38.5 Å². The Kier molecular flexibility index (Phi) is 4.07. The van der Waals surface area contributed by atoms with Crippen molar-refractivity contribution in [3.05, 3.63) is 46.5 Å². The summed E-state index contributed by atoms with van der Waals surface area (Å²) in [6, 6.07) is 6.70. The molecule has 0 saturated carbocycles. The summed E-state index contributed by atoms with van der Waals surface area (Å²) in [7, 11) is 0. The summed E-state index contributed by atoms with van der Waals surface area (Å²) in [5, 5.41) is 3.46. The second kappa shape index (κ2) is 5.57. The highest BCUT2D eigenvalue weighted by Gasteiger charge is 2.06. The van der Waals surface area contributed by atoms with Gasteiger partial charge in [0.05, 0.1) is 18.6 Å². The number of aryl methyl sites for hydroxylation is 1. The Hall–Kier alpha value is -1.29. The molecule has 3 nitrogen and oxygen atoms in total. The van der Waals surface area contributed by atoms with Crippen LogP contribution in [0.15, 0.2) is 35.2 Å². The smallest absolute Gasteiger partial charge is 0.0951 e. The van der Waals surface area contributed by atoms with Gasteiger partial charge in [0.1, 0.15) is 0 Å². The number of halogens is 1. The zero-order chi connectivity index (χ0) is 13.1. The van der Waals surface area contributed by atoms with E-state index in [0.29, 0.717) is 6.04 Å². The maximum Gasteiger partial charge on any atom is 0.0951 e. The number of nitrogens with zero attached hydrogens (tertiary/aromatic N) is 2. The van der Waals surface area contributed by atoms with Crippen molar-refractivity contribution in [2.75, 3.05) is 5.32 Å². The van der Waals surface area contributed by atoms with E-state index in [9.17, 15) is 0 Å². The Balaban J connectivity index is 2.11. The minimum absolute atomic E-state index is 0.438. The van der Waals surface area contributed by atoms with Gasteiger partial charge >= 0.3 is 0 Å². The van der Waals surface area contributed by atoms with Gasteiger partial charge in [0.15, 0.2) is 0 Å². The molecule has 0 aliphatic carbocycles. The number of benzene rings is 1. The molecule has 0 aliphatic rings. The lowest BCUT2D eigenvalue weighted by Crippen LogP contribution is -2.09. The maximum absolute atomic E-state index is 4.21. The van der Waals surface area contributed by atoms with Crippen LogP contribution in [0, 0.1) is 6.92 Å². The van der Waals surface area contributed by atoms with E-state index in [4.69, 9.17) is 0 Å². The van der Waals surface area contributed by atoms with Gasteiger partial charge in [-0.15, -0.1) is 0 Å². The Morgan fingerprint density at radius 3 is 2.89 bits per heavy atom. The predicted molar refractivity (Wildman–Crippen MR) is 78.8 cm³/mol. The number of rotatable bonds is 4. The topological polar surface area (TPSA) is 29.9 Å². The number of nitrogens with one attached hydrogen (secondary N) is 1. The molecule has 1 heterocycles. The molecule has 1 aromatic carbocycles. The standard InChI is InChI=1S/C14H18BrN3/c1-10(2)18-9-16-7-13(18)8-17-14-6-12(15)5-4-11(14)3/h4-7,9-10,17H,8H2,1-3H3. The van der Waals surface area contributed by atoms with Crippen LogP contribution in [0.5, 0.6) is 0 Å². The van der Waals surface area contributed by atoms with E-state index in [1.165, 1.54) is 11.3 Å². The van der Waals surface area contributed by atoms with Crippen molar-refractivity contribution in [3.63, 3.8) is 0 Å². The first-order chi connectivity index (χ1) is 8.58. The molecule has 0 atom stereocenters. The van der Waals surface area contributed by atoms with Crippen molar-refractivity contribution in [2.24, 2.45) is 0 Å². The van der Waals surface area contributed by atoms with Crippen LogP contribution < -0.4 is 5.32 Å². The molecule has 0 unspecified atom stereocenters. The fourth-order valence-corrected chi connectivity index (χ4v) is 2.27. The van der Waals surface area contributed by atoms with Gasteiger partial charge in [0.2, 0.25) is 0 Å². The molecule has 1 aromatic heterocycles. The zero-order valence-corrected chi connectivity index (χ0v) is 12.5. The van der Waals surface area contributed by atoms with E-state index in [-0.39, 0.29) is 0 Å². The summed E-state index contributed by atoms with van der Waals surface area (Å²) in [5.74, 6) is 0. The molecule has 0 amide bonds. The summed E-state index contributed by atoms with van der Waals surface area (Å²) in [6.07, 6.45) is 3.80. The van der Waals surface area contributed by atoms with Gasteiger partial charge in [-0.25, -0.2) is 4.98 Å². The fourth-order valence-electron chi connectivity index (χ4n) is 1.90. The van der Waals surface area contributed by atoms with Gasteiger partial charge in [-0.3, -0.25) is 0 Å². The summed E-state index contributed by atoms with van der Waals surface area (Å²) in [4.78, 5) is 4.21. The van der Waals surface area contributed by atoms with Crippen LogP contribution in [0.1, 0.15) is 31.1 Å². The number of hydrogen-bond donors (Lipinski definition) is 1. The summed E-state index contributed by atoms with van der Waals surface area (Å²) < 4.78 is 3.27. The van der Waals surface area contributed by atoms with Crippen molar-refractivity contribution in [2.45, 2.75) is 33.4 Å². The lowest BCUT2D eigenvalue weighted by Gasteiger charge is -2.14. The summed E-state index contributed by atoms with van der Waals surface area (Å²) >= 11 is 3.50. The Morgan fingerprint density at radius 1 is 1.39 bits per heavy atom. The van der Waals surface area contributed by atoms with E-state index in [1.54, 1.807) is 0 Å². The number of aromatic nitrogens is 2. The third-order valence-corrected chi connectivity index (χ3v) is 3.46. The van der Waals surface area contributed by atoms with Gasteiger partial charge in [-0.2, -0.15) is 0 Å². The minimum atomic E-state index is 0.438. The SMILES string of the molecule is Cc1ccc(Br)cc1NCc1cncn1C(C)C. The third kappa shape index (κ3) is 2.93. The van der Waals surface area contributed by atoms with Gasteiger partial charge in [-0.1, -0.05) is 22.0 Å². The first kappa shape index (κ1) is 13.1. The second-order valence-electron chi connectivity index (χ2n) is 4.70. The lowest BCUT2D eigenvalue weighted by molar-refractivity contribution is 0.577. The highest BCUT2D eigenvalue weighted by atomic mass is 79.9. The molecule has 0 saturated heterocycles. The first-order valence-corrected chi connectivity index (χ1v) is 6.88. The first-order valence-electron chi connectivity index (χ1n) is 6.08. The van der Waals surface area contributed by atoms with E-state index in [1.807, 2.05) is 12.5 Å². The van der Waals surface area contributed by atoms with Gasteiger partial charge in [0.25, 0.3) is 0 Å². The molecule has 1 N–H and O–H groups in total. The highest BCUT2D eigenvalue weighted by Crippen LogP contribution is 2.21. The van der Waals surface area contributed by atoms with Crippen LogP contribution in [-0.2, 0) is 6.54 Å². The van der Waals surface area contributed by atoms with Crippen molar-refractivity contribution < 1.29 is 0 Å². The Morgan fingerprint density at radius 2 is 2.17 bits per heavy atom. The number of hydrogen-bond acceptors (Lipinski definition) is 2. The van der Waals surface area contributed by atoms with Crippen LogP contribution in [0.3, 0.4) is 0 Å². The molecule has 0 radical (unpaired) electrons. The average Bonchev–Trinajstić information content (AvgIpc) is 2.79. The molecule has 96 valence electrons. The normalized spacial score (nSPS) is 10.9. The molecule has 2 rings (SSSR count). The zero-order valence-electron chi connectivity index (χ0n) is 10.9. The highest BCUT2D eigenvalue weighted by molar-refractivity contribution is 9.10. The van der Waals surface area contributed by atoms with Crippen molar-refractivity contribution in [1.29, 1.82) is 0 Å². The number of imidazole rings is 1. The molecule has 0 aliphatic heterocycles.